The van der Waals surface area contributed by atoms with Crippen molar-refractivity contribution in [3.8, 4) is 17.4 Å². The number of carbonyl (C=O) groups is 1. The number of hydrogen-bond donors (Lipinski definition) is 2. The van der Waals surface area contributed by atoms with E-state index in [1.807, 2.05) is 30.3 Å². The van der Waals surface area contributed by atoms with E-state index in [-0.39, 0.29) is 12.3 Å². The van der Waals surface area contributed by atoms with Crippen LogP contribution in [-0.4, -0.2) is 61.7 Å². The molecule has 4 rings (SSSR count). The summed E-state index contributed by atoms with van der Waals surface area (Å²) >= 11 is 0. The molecule has 1 aromatic heterocycles. The minimum absolute atomic E-state index is 0.0788. The second-order valence-electron chi connectivity index (χ2n) is 7.41. The normalized spacial score (nSPS) is 20.5. The van der Waals surface area contributed by atoms with Crippen molar-refractivity contribution in [3.05, 3.63) is 47.2 Å². The van der Waals surface area contributed by atoms with Crippen molar-refractivity contribution < 1.29 is 28.8 Å². The van der Waals surface area contributed by atoms with Crippen LogP contribution in [0.5, 0.6) is 17.4 Å². The molecule has 0 aliphatic carbocycles. The second kappa shape index (κ2) is 9.32. The summed E-state index contributed by atoms with van der Waals surface area (Å²) in [7, 11) is 1.63. The molecule has 0 spiro atoms. The number of hydrogen-bond acceptors (Lipinski definition) is 7. The van der Waals surface area contributed by atoms with Crippen molar-refractivity contribution in [1.82, 2.24) is 10.3 Å². The first kappa shape index (κ1) is 20.4. The highest BCUT2D eigenvalue weighted by Crippen LogP contribution is 2.34. The van der Waals surface area contributed by atoms with Crippen LogP contribution in [0.2, 0.25) is 0 Å². The van der Waals surface area contributed by atoms with Crippen LogP contribution in [0.1, 0.15) is 23.2 Å². The molecule has 1 saturated heterocycles. The Balaban J connectivity index is 1.51. The Morgan fingerprint density at radius 3 is 2.80 bits per heavy atom. The van der Waals surface area contributed by atoms with Crippen molar-refractivity contribution in [2.45, 2.75) is 31.4 Å². The molecule has 2 aliphatic heterocycles. The largest absolute Gasteiger partial charge is 0.497 e. The molecule has 8 nitrogen and oxygen atoms in total. The lowest BCUT2D eigenvalue weighted by molar-refractivity contribution is -0.124. The van der Waals surface area contributed by atoms with Crippen molar-refractivity contribution in [1.29, 1.82) is 0 Å². The average Bonchev–Trinajstić information content (AvgIpc) is 2.76. The van der Waals surface area contributed by atoms with Gasteiger partial charge in [-0.15, -0.1) is 0 Å². The molecule has 1 amide bonds. The number of carbonyl (C=O) groups excluding carboxylic acids is 1. The molecule has 2 aromatic rings. The first-order valence-corrected chi connectivity index (χ1v) is 10.1. The Labute approximate surface area is 175 Å². The number of aliphatic hydroxyl groups is 1. The highest BCUT2D eigenvalue weighted by molar-refractivity contribution is 5.78. The summed E-state index contributed by atoms with van der Waals surface area (Å²) in [6.45, 7) is 1.70. The third-order valence-corrected chi connectivity index (χ3v) is 5.20. The molecule has 160 valence electrons. The molecule has 0 saturated carbocycles. The van der Waals surface area contributed by atoms with E-state index in [9.17, 15) is 9.90 Å². The summed E-state index contributed by atoms with van der Waals surface area (Å²) in [5.41, 5.74) is 2.58. The van der Waals surface area contributed by atoms with E-state index in [1.165, 1.54) is 0 Å². The molecule has 2 atom stereocenters. The van der Waals surface area contributed by atoms with Gasteiger partial charge in [-0.2, -0.15) is 0 Å². The molecule has 1 aromatic carbocycles. The van der Waals surface area contributed by atoms with Crippen LogP contribution in [-0.2, 0) is 22.4 Å². The average molecular weight is 414 g/mol. The SMILES string of the molecule is COc1ccc(Cc2cc(CC(=O)N[C@@H]3COCC[C@@H]3O)nc3c2OCCO3)cc1. The van der Waals surface area contributed by atoms with Crippen molar-refractivity contribution in [2.75, 3.05) is 33.5 Å². The molecular weight excluding hydrogens is 388 g/mol. The number of fused-ring (bicyclic) bond motifs is 1. The molecule has 3 heterocycles. The van der Waals surface area contributed by atoms with Gasteiger partial charge >= 0.3 is 0 Å². The third kappa shape index (κ3) is 4.83. The summed E-state index contributed by atoms with van der Waals surface area (Å²) in [4.78, 5) is 17.0. The second-order valence-corrected chi connectivity index (χ2v) is 7.41. The number of nitrogens with zero attached hydrogens (tertiary/aromatic N) is 1. The maximum Gasteiger partial charge on any atom is 0.257 e. The highest BCUT2D eigenvalue weighted by Gasteiger charge is 2.26. The molecule has 8 heteroatoms. The van der Waals surface area contributed by atoms with E-state index in [1.54, 1.807) is 7.11 Å². The highest BCUT2D eigenvalue weighted by atomic mass is 16.6. The first-order valence-electron chi connectivity index (χ1n) is 10.1. The molecule has 2 aliphatic rings. The molecule has 0 unspecified atom stereocenters. The van der Waals surface area contributed by atoms with E-state index >= 15 is 0 Å². The van der Waals surface area contributed by atoms with Gasteiger partial charge in [-0.3, -0.25) is 4.79 Å². The predicted octanol–water partition coefficient (Wildman–Crippen LogP) is 1.26. The topological polar surface area (TPSA) is 99.1 Å². The van der Waals surface area contributed by atoms with Crippen LogP contribution in [0.3, 0.4) is 0 Å². The number of rotatable bonds is 6. The lowest BCUT2D eigenvalue weighted by atomic mass is 10.0. The quantitative estimate of drug-likeness (QED) is 0.734. The van der Waals surface area contributed by atoms with E-state index in [4.69, 9.17) is 18.9 Å². The predicted molar refractivity (Wildman–Crippen MR) is 108 cm³/mol. The summed E-state index contributed by atoms with van der Waals surface area (Å²) in [5.74, 6) is 1.61. The summed E-state index contributed by atoms with van der Waals surface area (Å²) < 4.78 is 22.0. The Bertz CT molecular complexity index is 886. The standard InChI is InChI=1S/C22H26N2O6/c1-27-17-4-2-14(3-5-17)10-15-11-16(23-22-21(15)29-8-9-30-22)12-20(26)24-18-13-28-7-6-19(18)25/h2-5,11,18-19,25H,6-10,12-13H2,1H3,(H,24,26)/t18-,19+/m1/s1. The monoisotopic (exact) mass is 414 g/mol. The first-order chi connectivity index (χ1) is 14.6. The minimum atomic E-state index is -0.596. The number of benzene rings is 1. The molecule has 0 radical (unpaired) electrons. The van der Waals surface area contributed by atoms with Gasteiger partial charge in [0.1, 0.15) is 19.0 Å². The van der Waals surface area contributed by atoms with Crippen molar-refractivity contribution in [2.24, 2.45) is 0 Å². The number of ether oxygens (including phenoxy) is 4. The van der Waals surface area contributed by atoms with Gasteiger partial charge in [0.2, 0.25) is 5.91 Å². The molecule has 2 N–H and O–H groups in total. The fourth-order valence-electron chi connectivity index (χ4n) is 3.62. The van der Waals surface area contributed by atoms with Gasteiger partial charge in [0.15, 0.2) is 5.75 Å². The van der Waals surface area contributed by atoms with Crippen LogP contribution in [0, 0.1) is 0 Å². The smallest absolute Gasteiger partial charge is 0.257 e. The van der Waals surface area contributed by atoms with Gasteiger partial charge in [0.05, 0.1) is 38.0 Å². The Morgan fingerprint density at radius 2 is 2.03 bits per heavy atom. The van der Waals surface area contributed by atoms with Gasteiger partial charge in [-0.1, -0.05) is 12.1 Å². The summed E-state index contributed by atoms with van der Waals surface area (Å²) in [6, 6.07) is 9.28. The maximum absolute atomic E-state index is 12.5. The van der Waals surface area contributed by atoms with Gasteiger partial charge in [-0.25, -0.2) is 4.98 Å². The number of pyridine rings is 1. The Hall–Kier alpha value is -2.84. The zero-order valence-electron chi connectivity index (χ0n) is 16.9. The fraction of sp³-hybridized carbons (Fsp3) is 0.455. The van der Waals surface area contributed by atoms with Gasteiger partial charge in [0, 0.05) is 18.6 Å². The Morgan fingerprint density at radius 1 is 1.23 bits per heavy atom. The van der Waals surface area contributed by atoms with Crippen LogP contribution < -0.4 is 19.5 Å². The van der Waals surface area contributed by atoms with E-state index in [2.05, 4.69) is 10.3 Å². The number of nitrogens with one attached hydrogen (secondary N) is 1. The Kier molecular flexibility index (Phi) is 6.35. The van der Waals surface area contributed by atoms with Gasteiger partial charge in [-0.05, 0) is 30.2 Å². The molecule has 0 bridgehead atoms. The van der Waals surface area contributed by atoms with Gasteiger partial charge in [0.25, 0.3) is 5.88 Å². The van der Waals surface area contributed by atoms with E-state index in [0.717, 1.165) is 16.9 Å². The molecular formula is C22H26N2O6. The van der Waals surface area contributed by atoms with Gasteiger partial charge < -0.3 is 29.4 Å². The van der Waals surface area contributed by atoms with E-state index in [0.29, 0.717) is 56.6 Å². The van der Waals surface area contributed by atoms with Crippen LogP contribution in [0.25, 0.3) is 0 Å². The fourth-order valence-corrected chi connectivity index (χ4v) is 3.62. The number of aromatic nitrogens is 1. The van der Waals surface area contributed by atoms with Crippen LogP contribution >= 0.6 is 0 Å². The lowest BCUT2D eigenvalue weighted by Gasteiger charge is -2.28. The van der Waals surface area contributed by atoms with E-state index < -0.39 is 12.1 Å². The molecule has 1 fully saturated rings. The third-order valence-electron chi connectivity index (χ3n) is 5.20. The molecule has 30 heavy (non-hydrogen) atoms. The minimum Gasteiger partial charge on any atom is -0.497 e. The zero-order chi connectivity index (χ0) is 20.9. The number of methoxy groups -OCH3 is 1. The lowest BCUT2D eigenvalue weighted by Crippen LogP contribution is -2.49. The number of aliphatic hydroxyl groups excluding tert-OH is 1. The maximum atomic E-state index is 12.5. The summed E-state index contributed by atoms with van der Waals surface area (Å²) in [6.07, 6.45) is 0.609. The van der Waals surface area contributed by atoms with Crippen LogP contribution in [0.4, 0.5) is 0 Å². The summed E-state index contributed by atoms with van der Waals surface area (Å²) in [5, 5.41) is 12.9. The zero-order valence-corrected chi connectivity index (χ0v) is 16.9. The van der Waals surface area contributed by atoms with Crippen molar-refractivity contribution >= 4 is 5.91 Å². The van der Waals surface area contributed by atoms with Crippen LogP contribution in [0.15, 0.2) is 30.3 Å². The van der Waals surface area contributed by atoms with Crippen molar-refractivity contribution in [3.63, 3.8) is 0 Å². The number of amides is 1.